The Kier molecular flexibility index (Phi) is 5.36. The first-order valence-corrected chi connectivity index (χ1v) is 11.2. The number of benzene rings is 1. The van der Waals surface area contributed by atoms with E-state index in [-0.39, 0.29) is 12.0 Å². The summed E-state index contributed by atoms with van der Waals surface area (Å²) < 4.78 is 14.0. The Morgan fingerprint density at radius 3 is 2.94 bits per heavy atom. The Hall–Kier alpha value is -2.93. The number of amides is 1. The molecule has 1 N–H and O–H groups in total. The highest BCUT2D eigenvalue weighted by Crippen LogP contribution is 2.32. The van der Waals surface area contributed by atoms with Crippen LogP contribution in [0.3, 0.4) is 0 Å². The molecule has 1 aliphatic carbocycles. The van der Waals surface area contributed by atoms with Gasteiger partial charge in [0.05, 0.1) is 16.7 Å². The predicted octanol–water partition coefficient (Wildman–Crippen LogP) is 3.58. The molecular weight excluding hydrogens is 392 g/mol. The lowest BCUT2D eigenvalue weighted by atomic mass is 10.0. The summed E-state index contributed by atoms with van der Waals surface area (Å²) in [7, 11) is 0. The molecule has 0 radical (unpaired) electrons. The number of hydrogen-bond donors (Lipinski definition) is 1. The van der Waals surface area contributed by atoms with Crippen LogP contribution in [-0.2, 0) is 14.3 Å². The number of aryl methyl sites for hydroxylation is 1. The third-order valence-corrected chi connectivity index (χ3v) is 6.14. The molecule has 1 atom stereocenters. The number of hydrogen-bond acceptors (Lipinski definition) is 5. The molecule has 0 saturated carbocycles. The molecule has 1 aromatic carbocycles. The number of carbonyl (C=O) groups is 1. The van der Waals surface area contributed by atoms with Gasteiger partial charge in [0.1, 0.15) is 11.9 Å². The van der Waals surface area contributed by atoms with Crippen molar-refractivity contribution in [1.82, 2.24) is 14.9 Å². The van der Waals surface area contributed by atoms with Gasteiger partial charge in [-0.05, 0) is 50.5 Å². The largest absolute Gasteiger partial charge is 0.467 e. The molecule has 7 heteroatoms. The summed E-state index contributed by atoms with van der Waals surface area (Å²) in [5.41, 5.74) is 4.48. The van der Waals surface area contributed by atoms with Crippen molar-refractivity contribution < 1.29 is 14.3 Å². The predicted molar refractivity (Wildman–Crippen MR) is 119 cm³/mol. The fraction of sp³-hybridized carbons (Fsp3) is 0.458. The summed E-state index contributed by atoms with van der Waals surface area (Å²) >= 11 is 0. The third-order valence-electron chi connectivity index (χ3n) is 6.14. The van der Waals surface area contributed by atoms with Crippen molar-refractivity contribution in [3.63, 3.8) is 0 Å². The van der Waals surface area contributed by atoms with Crippen LogP contribution in [0.4, 0.5) is 0 Å². The summed E-state index contributed by atoms with van der Waals surface area (Å²) in [5, 5.41) is 2.92. The maximum atomic E-state index is 12.3. The zero-order valence-corrected chi connectivity index (χ0v) is 18.1. The minimum absolute atomic E-state index is 0.0491. The van der Waals surface area contributed by atoms with E-state index in [1.165, 1.54) is 0 Å². The van der Waals surface area contributed by atoms with E-state index in [9.17, 15) is 4.79 Å². The fourth-order valence-corrected chi connectivity index (χ4v) is 4.54. The third kappa shape index (κ3) is 3.78. The molecule has 0 bridgehead atoms. The van der Waals surface area contributed by atoms with Gasteiger partial charge in [-0.15, -0.1) is 0 Å². The molecule has 2 aromatic rings. The van der Waals surface area contributed by atoms with Crippen LogP contribution in [0.15, 0.2) is 46.6 Å². The van der Waals surface area contributed by atoms with Gasteiger partial charge in [-0.2, -0.15) is 0 Å². The molecule has 0 spiro atoms. The summed E-state index contributed by atoms with van der Waals surface area (Å²) in [5.74, 6) is 1.57. The summed E-state index contributed by atoms with van der Waals surface area (Å²) in [6.07, 6.45) is 7.23. The first-order chi connectivity index (χ1) is 15.1. The van der Waals surface area contributed by atoms with Gasteiger partial charge in [0.2, 0.25) is 5.90 Å². The zero-order chi connectivity index (χ0) is 21.4. The van der Waals surface area contributed by atoms with Crippen LogP contribution in [0.25, 0.3) is 11.0 Å². The maximum absolute atomic E-state index is 12.3. The lowest BCUT2D eigenvalue weighted by Crippen LogP contribution is -2.27. The molecule has 0 unspecified atom stereocenters. The average molecular weight is 421 g/mol. The number of rotatable bonds is 5. The van der Waals surface area contributed by atoms with Gasteiger partial charge in [0.25, 0.3) is 5.91 Å². The highest BCUT2D eigenvalue weighted by molar-refractivity contribution is 6.00. The van der Waals surface area contributed by atoms with Gasteiger partial charge < -0.3 is 19.4 Å². The van der Waals surface area contributed by atoms with E-state index in [4.69, 9.17) is 19.5 Å². The smallest absolute Gasteiger partial charge is 0.251 e. The molecule has 1 fully saturated rings. The number of fused-ring (bicyclic) bond motifs is 2. The minimum atomic E-state index is -0.130. The number of nitrogens with one attached hydrogen (secondary N) is 1. The van der Waals surface area contributed by atoms with Crippen molar-refractivity contribution in [2.24, 2.45) is 4.99 Å². The Balaban J connectivity index is 1.40. The van der Waals surface area contributed by atoms with Gasteiger partial charge >= 0.3 is 0 Å². The molecule has 31 heavy (non-hydrogen) atoms. The second kappa shape index (κ2) is 8.30. The van der Waals surface area contributed by atoms with Crippen LogP contribution in [0.2, 0.25) is 0 Å². The van der Waals surface area contributed by atoms with Crippen LogP contribution < -0.4 is 5.32 Å². The maximum Gasteiger partial charge on any atom is 0.251 e. The summed E-state index contributed by atoms with van der Waals surface area (Å²) in [6, 6.07) is 6.65. The highest BCUT2D eigenvalue weighted by atomic mass is 16.5. The first kappa shape index (κ1) is 20.0. The topological polar surface area (TPSA) is 77.7 Å². The van der Waals surface area contributed by atoms with Crippen molar-refractivity contribution in [2.75, 3.05) is 19.8 Å². The van der Waals surface area contributed by atoms with Crippen LogP contribution in [0, 0.1) is 6.92 Å². The molecule has 1 amide bonds. The molecule has 2 aliphatic heterocycles. The molecule has 3 heterocycles. The SMILES string of the molecule is CCCNC(=O)C1=CC[C@@H]2OC(c3ccc4c(c3)nc(C)n4C3CCOCC3)=NC2=C1. The number of imidazole rings is 1. The number of aromatic nitrogens is 2. The second-order valence-electron chi connectivity index (χ2n) is 8.32. The van der Waals surface area contributed by atoms with E-state index in [2.05, 4.69) is 35.0 Å². The molecule has 7 nitrogen and oxygen atoms in total. The van der Waals surface area contributed by atoms with E-state index in [0.29, 0.717) is 30.5 Å². The molecule has 5 rings (SSSR count). The lowest BCUT2D eigenvalue weighted by molar-refractivity contribution is -0.117. The molecular formula is C24H28N4O3. The van der Waals surface area contributed by atoms with E-state index in [0.717, 1.165) is 60.6 Å². The fourth-order valence-electron chi connectivity index (χ4n) is 4.54. The average Bonchev–Trinajstić information content (AvgIpc) is 3.37. The molecule has 3 aliphatic rings. The van der Waals surface area contributed by atoms with Gasteiger partial charge in [-0.25, -0.2) is 9.98 Å². The number of carbonyl (C=O) groups excluding carboxylic acids is 1. The Morgan fingerprint density at radius 2 is 2.13 bits per heavy atom. The summed E-state index contributed by atoms with van der Waals surface area (Å²) in [4.78, 5) is 21.8. The first-order valence-electron chi connectivity index (χ1n) is 11.2. The zero-order valence-electron chi connectivity index (χ0n) is 18.1. The molecule has 1 saturated heterocycles. The minimum Gasteiger partial charge on any atom is -0.467 e. The van der Waals surface area contributed by atoms with Crippen LogP contribution in [0.5, 0.6) is 0 Å². The van der Waals surface area contributed by atoms with E-state index < -0.39 is 0 Å². The van der Waals surface area contributed by atoms with Crippen LogP contribution >= 0.6 is 0 Å². The second-order valence-corrected chi connectivity index (χ2v) is 8.32. The van der Waals surface area contributed by atoms with Crippen LogP contribution in [-0.4, -0.2) is 47.2 Å². The van der Waals surface area contributed by atoms with Crippen molar-refractivity contribution in [2.45, 2.75) is 51.7 Å². The Labute approximate surface area is 181 Å². The summed E-state index contributed by atoms with van der Waals surface area (Å²) in [6.45, 7) is 6.38. The van der Waals surface area contributed by atoms with E-state index in [1.807, 2.05) is 19.1 Å². The number of aliphatic imine (C=N–C) groups is 1. The molecule has 162 valence electrons. The van der Waals surface area contributed by atoms with Gasteiger partial charge in [0.15, 0.2) is 0 Å². The van der Waals surface area contributed by atoms with Crippen molar-refractivity contribution in [3.05, 3.63) is 53.0 Å². The van der Waals surface area contributed by atoms with Crippen LogP contribution in [0.1, 0.15) is 50.0 Å². The van der Waals surface area contributed by atoms with E-state index in [1.54, 1.807) is 0 Å². The van der Waals surface area contributed by atoms with E-state index >= 15 is 0 Å². The Morgan fingerprint density at radius 1 is 1.29 bits per heavy atom. The van der Waals surface area contributed by atoms with Gasteiger partial charge in [0, 0.05) is 43.4 Å². The number of nitrogens with zero attached hydrogens (tertiary/aromatic N) is 3. The van der Waals surface area contributed by atoms with Gasteiger partial charge in [-0.1, -0.05) is 13.0 Å². The van der Waals surface area contributed by atoms with Crippen molar-refractivity contribution in [1.29, 1.82) is 0 Å². The lowest BCUT2D eigenvalue weighted by Gasteiger charge is -2.25. The number of ether oxygens (including phenoxy) is 2. The Bertz CT molecular complexity index is 1110. The monoisotopic (exact) mass is 420 g/mol. The van der Waals surface area contributed by atoms with Crippen molar-refractivity contribution in [3.8, 4) is 0 Å². The normalized spacial score (nSPS) is 21.2. The standard InChI is InChI=1S/C24H28N4O3/c1-3-10-25-23(29)16-5-7-22-20(13-16)27-24(31-22)17-4-6-21-19(14-17)26-15(2)28(21)18-8-11-30-12-9-18/h4-6,13-14,18,22H,3,7-12H2,1-2H3,(H,25,29)/t22-/m0/s1. The molecule has 1 aromatic heterocycles. The highest BCUT2D eigenvalue weighted by Gasteiger charge is 2.30. The quantitative estimate of drug-likeness (QED) is 0.802. The van der Waals surface area contributed by atoms with Crippen molar-refractivity contribution >= 4 is 22.8 Å². The van der Waals surface area contributed by atoms with Gasteiger partial charge in [-0.3, -0.25) is 4.79 Å².